The molecule has 0 aromatic heterocycles. The van der Waals surface area contributed by atoms with Crippen LogP contribution in [0.3, 0.4) is 0 Å². The van der Waals surface area contributed by atoms with E-state index in [-0.39, 0.29) is 17.4 Å². The van der Waals surface area contributed by atoms with Gasteiger partial charge in [-0.25, -0.2) is 0 Å². The molecule has 0 radical (unpaired) electrons. The maximum Gasteiger partial charge on any atom is 0.227 e. The van der Waals surface area contributed by atoms with E-state index < -0.39 is 0 Å². The van der Waals surface area contributed by atoms with Crippen molar-refractivity contribution in [1.29, 1.82) is 0 Å². The maximum absolute atomic E-state index is 11.7. The van der Waals surface area contributed by atoms with Gasteiger partial charge in [-0.3, -0.25) is 4.79 Å². The van der Waals surface area contributed by atoms with Crippen LogP contribution in [-0.4, -0.2) is 13.0 Å². The van der Waals surface area contributed by atoms with Crippen molar-refractivity contribution >= 4 is 11.6 Å². The molecular weight excluding hydrogens is 260 g/mol. The fourth-order valence-corrected chi connectivity index (χ4v) is 2.78. The lowest BCUT2D eigenvalue weighted by atomic mass is 9.77. The number of fused-ring (bicyclic) bond motifs is 1. The van der Waals surface area contributed by atoms with Crippen LogP contribution in [-0.2, 0) is 11.2 Å². The van der Waals surface area contributed by atoms with Crippen LogP contribution < -0.4 is 10.6 Å². The van der Waals surface area contributed by atoms with Crippen molar-refractivity contribution in [2.45, 2.75) is 53.0 Å². The van der Waals surface area contributed by atoms with Crippen molar-refractivity contribution in [3.63, 3.8) is 0 Å². The van der Waals surface area contributed by atoms with Crippen molar-refractivity contribution in [1.82, 2.24) is 0 Å². The van der Waals surface area contributed by atoms with Crippen LogP contribution in [0, 0.1) is 11.3 Å². The molecule has 3 heteroatoms. The number of nitrogens with two attached hydrogens (primary N) is 1. The van der Waals surface area contributed by atoms with Gasteiger partial charge in [0, 0.05) is 25.2 Å². The van der Waals surface area contributed by atoms with Crippen LogP contribution in [0.1, 0.15) is 57.7 Å². The molecule has 2 unspecified atom stereocenters. The Morgan fingerprint density at radius 1 is 1.29 bits per heavy atom. The van der Waals surface area contributed by atoms with Crippen LogP contribution in [0.5, 0.6) is 0 Å². The highest BCUT2D eigenvalue weighted by Crippen LogP contribution is 2.34. The monoisotopic (exact) mass is 288 g/mol. The summed E-state index contributed by atoms with van der Waals surface area (Å²) >= 11 is 0. The predicted octanol–water partition coefficient (Wildman–Crippen LogP) is 3.67. The zero-order chi connectivity index (χ0) is 15.8. The highest BCUT2D eigenvalue weighted by Gasteiger charge is 2.25. The molecule has 1 aliphatic heterocycles. The number of nitrogens with zero attached hydrogens (tertiary/aromatic N) is 1. The Morgan fingerprint density at radius 2 is 1.95 bits per heavy atom. The van der Waals surface area contributed by atoms with Crippen molar-refractivity contribution in [2.24, 2.45) is 17.1 Å². The first-order valence-corrected chi connectivity index (χ1v) is 7.85. The third-order valence-corrected chi connectivity index (χ3v) is 4.96. The molecule has 0 spiro atoms. The molecule has 1 aliphatic rings. The fraction of sp³-hybridized carbons (Fsp3) is 0.611. The number of anilines is 1. The molecule has 1 aromatic carbocycles. The first kappa shape index (κ1) is 16.0. The van der Waals surface area contributed by atoms with E-state index in [1.165, 1.54) is 11.1 Å². The summed E-state index contributed by atoms with van der Waals surface area (Å²) < 4.78 is 0. The van der Waals surface area contributed by atoms with E-state index >= 15 is 0 Å². The summed E-state index contributed by atoms with van der Waals surface area (Å²) in [5.74, 6) is 0.758. The summed E-state index contributed by atoms with van der Waals surface area (Å²) in [4.78, 5) is 13.5. The largest absolute Gasteiger partial charge is 0.324 e. The minimum atomic E-state index is 0.0625. The topological polar surface area (TPSA) is 46.3 Å². The first-order valence-electron chi connectivity index (χ1n) is 7.85. The molecule has 3 nitrogen and oxygen atoms in total. The summed E-state index contributed by atoms with van der Waals surface area (Å²) in [6.45, 7) is 9.05. The lowest BCUT2D eigenvalue weighted by Crippen LogP contribution is -2.31. The second-order valence-corrected chi connectivity index (χ2v) is 7.45. The molecule has 1 heterocycles. The molecule has 0 fully saturated rings. The molecule has 0 aliphatic carbocycles. The van der Waals surface area contributed by atoms with Crippen LogP contribution >= 0.6 is 0 Å². The van der Waals surface area contributed by atoms with Crippen LogP contribution in [0.25, 0.3) is 0 Å². The van der Waals surface area contributed by atoms with Crippen LogP contribution in [0.2, 0.25) is 0 Å². The number of amides is 1. The van der Waals surface area contributed by atoms with Crippen molar-refractivity contribution < 1.29 is 4.79 Å². The number of carbonyl (C=O) groups is 1. The molecule has 0 bridgehead atoms. The smallest absolute Gasteiger partial charge is 0.227 e. The van der Waals surface area contributed by atoms with E-state index in [0.717, 1.165) is 18.5 Å². The Morgan fingerprint density at radius 3 is 2.57 bits per heavy atom. The molecule has 116 valence electrons. The van der Waals surface area contributed by atoms with Crippen LogP contribution in [0.4, 0.5) is 5.69 Å². The first-order chi connectivity index (χ1) is 9.70. The SMILES string of the molecule is CC(CC(N)c1ccc2c(c1)CCC(=O)N2C)C(C)(C)C. The third kappa shape index (κ3) is 3.46. The molecule has 2 N–H and O–H groups in total. The number of hydrogen-bond acceptors (Lipinski definition) is 2. The molecule has 21 heavy (non-hydrogen) atoms. The quantitative estimate of drug-likeness (QED) is 0.922. The molecule has 2 rings (SSSR count). The van der Waals surface area contributed by atoms with Crippen molar-refractivity contribution in [2.75, 3.05) is 11.9 Å². The highest BCUT2D eigenvalue weighted by molar-refractivity contribution is 5.95. The number of hydrogen-bond donors (Lipinski definition) is 1. The maximum atomic E-state index is 11.7. The van der Waals surface area contributed by atoms with Gasteiger partial charge in [-0.15, -0.1) is 0 Å². The standard InChI is InChI=1S/C18H28N2O/c1-12(18(2,3)4)10-15(19)13-6-8-16-14(11-13)7-9-17(21)20(16)5/h6,8,11-12,15H,7,9-10,19H2,1-5H3. The van der Waals surface area contributed by atoms with Gasteiger partial charge in [0.15, 0.2) is 0 Å². The van der Waals surface area contributed by atoms with E-state index in [1.807, 2.05) is 13.1 Å². The zero-order valence-corrected chi connectivity index (χ0v) is 13.9. The predicted molar refractivity (Wildman–Crippen MR) is 88.3 cm³/mol. The average molecular weight is 288 g/mol. The van der Waals surface area contributed by atoms with Gasteiger partial charge < -0.3 is 10.6 Å². The highest BCUT2D eigenvalue weighted by atomic mass is 16.2. The van der Waals surface area contributed by atoms with Gasteiger partial charge in [0.25, 0.3) is 0 Å². The lowest BCUT2D eigenvalue weighted by molar-refractivity contribution is -0.118. The van der Waals surface area contributed by atoms with Gasteiger partial charge in [-0.1, -0.05) is 39.8 Å². The second kappa shape index (κ2) is 5.80. The summed E-state index contributed by atoms with van der Waals surface area (Å²) in [5, 5.41) is 0. The molecule has 1 aromatic rings. The zero-order valence-electron chi connectivity index (χ0n) is 13.9. The molecular formula is C18H28N2O. The van der Waals surface area contributed by atoms with Crippen molar-refractivity contribution in [3.8, 4) is 0 Å². The minimum Gasteiger partial charge on any atom is -0.324 e. The molecule has 2 atom stereocenters. The normalized spacial score (nSPS) is 18.4. The minimum absolute atomic E-state index is 0.0625. The van der Waals surface area contributed by atoms with E-state index in [2.05, 4.69) is 39.8 Å². The summed E-state index contributed by atoms with van der Waals surface area (Å²) in [7, 11) is 1.85. The van der Waals surface area contributed by atoms with E-state index in [9.17, 15) is 4.79 Å². The van der Waals surface area contributed by atoms with Crippen molar-refractivity contribution in [3.05, 3.63) is 29.3 Å². The average Bonchev–Trinajstić information content (AvgIpc) is 2.41. The Bertz CT molecular complexity index is 531. The summed E-state index contributed by atoms with van der Waals surface area (Å²) in [5.41, 5.74) is 10.1. The van der Waals surface area contributed by atoms with Gasteiger partial charge in [-0.2, -0.15) is 0 Å². The second-order valence-electron chi connectivity index (χ2n) is 7.45. The number of benzene rings is 1. The number of carbonyl (C=O) groups excluding carboxylic acids is 1. The molecule has 0 saturated heterocycles. The van der Waals surface area contributed by atoms with Gasteiger partial charge in [-0.05, 0) is 41.4 Å². The summed E-state index contributed by atoms with van der Waals surface area (Å²) in [6, 6.07) is 6.38. The number of aryl methyl sites for hydroxylation is 1. The molecule has 0 saturated carbocycles. The lowest BCUT2D eigenvalue weighted by Gasteiger charge is -2.30. The number of rotatable bonds is 3. The van der Waals surface area contributed by atoms with E-state index in [0.29, 0.717) is 12.3 Å². The third-order valence-electron chi connectivity index (χ3n) is 4.96. The molecule has 1 amide bonds. The Labute approximate surface area is 128 Å². The Kier molecular flexibility index (Phi) is 4.43. The van der Waals surface area contributed by atoms with Crippen LogP contribution in [0.15, 0.2) is 18.2 Å². The fourth-order valence-electron chi connectivity index (χ4n) is 2.78. The Balaban J connectivity index is 2.17. The van der Waals surface area contributed by atoms with Gasteiger partial charge >= 0.3 is 0 Å². The summed E-state index contributed by atoms with van der Waals surface area (Å²) in [6.07, 6.45) is 2.41. The van der Waals surface area contributed by atoms with Gasteiger partial charge in [0.2, 0.25) is 5.91 Å². The van der Waals surface area contributed by atoms with Gasteiger partial charge in [0.05, 0.1) is 0 Å². The Hall–Kier alpha value is -1.35. The van der Waals surface area contributed by atoms with Gasteiger partial charge in [0.1, 0.15) is 0 Å². The van der Waals surface area contributed by atoms with E-state index in [1.54, 1.807) is 4.90 Å². The van der Waals surface area contributed by atoms with E-state index in [4.69, 9.17) is 5.73 Å².